The van der Waals surface area contributed by atoms with Crippen LogP contribution >= 0.6 is 23.2 Å². The van der Waals surface area contributed by atoms with Crippen molar-refractivity contribution >= 4 is 51.7 Å². The summed E-state index contributed by atoms with van der Waals surface area (Å²) >= 11 is 11.7. The number of nitrogens with one attached hydrogen (secondary N) is 4. The van der Waals surface area contributed by atoms with Gasteiger partial charge in [-0.25, -0.2) is 4.79 Å². The number of fused-ring (bicyclic) bond motifs is 1. The summed E-state index contributed by atoms with van der Waals surface area (Å²) in [5.74, 6) is -0.905. The summed E-state index contributed by atoms with van der Waals surface area (Å²) in [7, 11) is 0. The molecule has 4 N–H and O–H groups in total. The molecule has 0 saturated heterocycles. The maximum absolute atomic E-state index is 12.0. The molecule has 0 bridgehead atoms. The van der Waals surface area contributed by atoms with Gasteiger partial charge in [0, 0.05) is 10.7 Å². The van der Waals surface area contributed by atoms with Gasteiger partial charge >= 0.3 is 5.69 Å². The highest BCUT2D eigenvalue weighted by molar-refractivity contribution is 6.36. The number of hydrogen-bond acceptors (Lipinski definition) is 3. The zero-order chi connectivity index (χ0) is 18.0. The van der Waals surface area contributed by atoms with Crippen LogP contribution in [0, 0.1) is 0 Å². The second-order valence-electron chi connectivity index (χ2n) is 5.19. The van der Waals surface area contributed by atoms with Crippen molar-refractivity contribution in [2.45, 2.75) is 0 Å². The maximum Gasteiger partial charge on any atom is 0.323 e. The van der Waals surface area contributed by atoms with Crippen LogP contribution in [-0.4, -0.2) is 28.3 Å². The third kappa shape index (κ3) is 4.01. The van der Waals surface area contributed by atoms with E-state index in [0.29, 0.717) is 21.7 Å². The van der Waals surface area contributed by atoms with Gasteiger partial charge in [0.2, 0.25) is 5.91 Å². The lowest BCUT2D eigenvalue weighted by Gasteiger charge is -2.08. The lowest BCUT2D eigenvalue weighted by Crippen LogP contribution is -2.33. The number of aromatic amines is 2. The van der Waals surface area contributed by atoms with Crippen LogP contribution in [0.4, 0.5) is 5.69 Å². The molecule has 25 heavy (non-hydrogen) atoms. The number of aromatic nitrogens is 2. The molecule has 0 aliphatic heterocycles. The lowest BCUT2D eigenvalue weighted by molar-refractivity contribution is -0.115. The molecule has 0 saturated carbocycles. The Morgan fingerprint density at radius 2 is 1.76 bits per heavy atom. The Kier molecular flexibility index (Phi) is 4.78. The standard InChI is InChI=1S/C16H12Cl2N4O3/c17-8-1-3-10(11(18)5-8)15(24)19-7-14(23)20-9-2-4-12-13(6-9)22-16(25)21-12/h1-6H,7H2,(H,19,24)(H,20,23)(H2,21,22,25). The van der Waals surface area contributed by atoms with Crippen LogP contribution < -0.4 is 16.3 Å². The van der Waals surface area contributed by atoms with Gasteiger partial charge in [-0.3, -0.25) is 9.59 Å². The second kappa shape index (κ2) is 7.00. The van der Waals surface area contributed by atoms with Crippen LogP contribution in [-0.2, 0) is 4.79 Å². The number of rotatable bonds is 4. The molecule has 0 radical (unpaired) electrons. The summed E-state index contributed by atoms with van der Waals surface area (Å²) in [6.45, 7) is -0.237. The summed E-state index contributed by atoms with van der Waals surface area (Å²) in [4.78, 5) is 40.4. The molecule has 128 valence electrons. The van der Waals surface area contributed by atoms with Crippen molar-refractivity contribution in [2.75, 3.05) is 11.9 Å². The Morgan fingerprint density at radius 1 is 1.00 bits per heavy atom. The van der Waals surface area contributed by atoms with Crippen molar-refractivity contribution in [3.05, 3.63) is 62.5 Å². The molecule has 0 unspecified atom stereocenters. The highest BCUT2D eigenvalue weighted by Gasteiger charge is 2.12. The second-order valence-corrected chi connectivity index (χ2v) is 6.04. The van der Waals surface area contributed by atoms with Gasteiger partial charge in [-0.1, -0.05) is 23.2 Å². The highest BCUT2D eigenvalue weighted by Crippen LogP contribution is 2.20. The average molecular weight is 379 g/mol. The van der Waals surface area contributed by atoms with Gasteiger partial charge in [-0.15, -0.1) is 0 Å². The Balaban J connectivity index is 1.61. The third-order valence-corrected chi connectivity index (χ3v) is 3.93. The Bertz CT molecular complexity index is 1030. The van der Waals surface area contributed by atoms with Crippen molar-refractivity contribution in [3.8, 4) is 0 Å². The van der Waals surface area contributed by atoms with E-state index in [1.807, 2.05) is 0 Å². The predicted molar refractivity (Wildman–Crippen MR) is 96.3 cm³/mol. The molecule has 3 aromatic rings. The molecule has 1 aromatic heterocycles. The molecule has 3 rings (SSSR count). The van der Waals surface area contributed by atoms with Gasteiger partial charge in [-0.2, -0.15) is 0 Å². The van der Waals surface area contributed by atoms with E-state index in [1.54, 1.807) is 18.2 Å². The molecular weight excluding hydrogens is 367 g/mol. The topological polar surface area (TPSA) is 107 Å². The number of halogens is 2. The monoisotopic (exact) mass is 378 g/mol. The van der Waals surface area contributed by atoms with Gasteiger partial charge in [0.05, 0.1) is 28.2 Å². The van der Waals surface area contributed by atoms with Crippen molar-refractivity contribution in [1.82, 2.24) is 15.3 Å². The van der Waals surface area contributed by atoms with Crippen molar-refractivity contribution in [3.63, 3.8) is 0 Å². The number of imidazole rings is 1. The minimum Gasteiger partial charge on any atom is -0.343 e. The number of anilines is 1. The Labute approximate surface area is 151 Å². The summed E-state index contributed by atoms with van der Waals surface area (Å²) in [6, 6.07) is 9.38. The minimum absolute atomic E-state index is 0.201. The fourth-order valence-electron chi connectivity index (χ4n) is 2.24. The predicted octanol–water partition coefficient (Wildman–Crippen LogP) is 2.53. The van der Waals surface area contributed by atoms with Gasteiger partial charge in [0.15, 0.2) is 0 Å². The molecule has 1 heterocycles. The van der Waals surface area contributed by atoms with Gasteiger partial charge in [0.1, 0.15) is 0 Å². The first-order valence-electron chi connectivity index (χ1n) is 7.17. The number of amides is 2. The zero-order valence-corrected chi connectivity index (χ0v) is 14.2. The number of hydrogen-bond donors (Lipinski definition) is 4. The van der Waals surface area contributed by atoms with Crippen molar-refractivity contribution < 1.29 is 9.59 Å². The SMILES string of the molecule is O=C(CNC(=O)c1ccc(Cl)cc1Cl)Nc1ccc2[nH]c(=O)[nH]c2c1. The molecule has 7 nitrogen and oxygen atoms in total. The van der Waals surface area contributed by atoms with Gasteiger partial charge in [0.25, 0.3) is 5.91 Å². The molecule has 0 spiro atoms. The normalized spacial score (nSPS) is 10.6. The Hall–Kier alpha value is -2.77. The first-order chi connectivity index (χ1) is 11.9. The van der Waals surface area contributed by atoms with Crippen LogP contribution in [0.2, 0.25) is 10.0 Å². The van der Waals surface area contributed by atoms with Gasteiger partial charge in [-0.05, 0) is 36.4 Å². The molecular formula is C16H12Cl2N4O3. The molecule has 0 atom stereocenters. The number of H-pyrrole nitrogens is 2. The van der Waals surface area contributed by atoms with E-state index in [9.17, 15) is 14.4 Å². The molecule has 2 amide bonds. The van der Waals surface area contributed by atoms with Crippen LogP contribution in [0.25, 0.3) is 11.0 Å². The van der Waals surface area contributed by atoms with E-state index < -0.39 is 11.8 Å². The Morgan fingerprint density at radius 3 is 2.52 bits per heavy atom. The van der Waals surface area contributed by atoms with Crippen molar-refractivity contribution in [1.29, 1.82) is 0 Å². The van der Waals surface area contributed by atoms with E-state index in [1.165, 1.54) is 18.2 Å². The minimum atomic E-state index is -0.484. The zero-order valence-electron chi connectivity index (χ0n) is 12.7. The largest absolute Gasteiger partial charge is 0.343 e. The molecule has 0 aliphatic carbocycles. The summed E-state index contributed by atoms with van der Waals surface area (Å²) < 4.78 is 0. The molecule has 0 aliphatic rings. The maximum atomic E-state index is 12.0. The number of benzene rings is 2. The van der Waals surface area contributed by atoms with Gasteiger partial charge < -0.3 is 20.6 Å². The fourth-order valence-corrected chi connectivity index (χ4v) is 2.74. The van der Waals surface area contributed by atoms with E-state index in [-0.39, 0.29) is 22.8 Å². The van der Waals surface area contributed by atoms with E-state index >= 15 is 0 Å². The summed E-state index contributed by atoms with van der Waals surface area (Å²) in [6.07, 6.45) is 0. The third-order valence-electron chi connectivity index (χ3n) is 3.38. The quantitative estimate of drug-likeness (QED) is 0.560. The van der Waals surface area contributed by atoms with E-state index in [2.05, 4.69) is 20.6 Å². The van der Waals surface area contributed by atoms with E-state index in [4.69, 9.17) is 23.2 Å². The summed E-state index contributed by atoms with van der Waals surface area (Å²) in [5.41, 5.74) is 1.59. The average Bonchev–Trinajstić information content (AvgIpc) is 2.92. The van der Waals surface area contributed by atoms with Crippen LogP contribution in [0.3, 0.4) is 0 Å². The molecule has 9 heteroatoms. The number of carbonyl (C=O) groups excluding carboxylic acids is 2. The fraction of sp³-hybridized carbons (Fsp3) is 0.0625. The smallest absolute Gasteiger partial charge is 0.323 e. The van der Waals surface area contributed by atoms with Crippen molar-refractivity contribution in [2.24, 2.45) is 0 Å². The summed E-state index contributed by atoms with van der Waals surface area (Å²) in [5, 5.41) is 5.72. The first kappa shape index (κ1) is 17.1. The number of carbonyl (C=O) groups is 2. The van der Waals surface area contributed by atoms with Crippen LogP contribution in [0.5, 0.6) is 0 Å². The van der Waals surface area contributed by atoms with Crippen LogP contribution in [0.15, 0.2) is 41.2 Å². The molecule has 0 fully saturated rings. The van der Waals surface area contributed by atoms with Crippen LogP contribution in [0.1, 0.15) is 10.4 Å². The highest BCUT2D eigenvalue weighted by atomic mass is 35.5. The first-order valence-corrected chi connectivity index (χ1v) is 7.93. The molecule has 2 aromatic carbocycles. The lowest BCUT2D eigenvalue weighted by atomic mass is 10.2. The van der Waals surface area contributed by atoms with E-state index in [0.717, 1.165) is 0 Å².